The molecule has 0 spiro atoms. The summed E-state index contributed by atoms with van der Waals surface area (Å²) in [6, 6.07) is 0.349. The lowest BCUT2D eigenvalue weighted by Crippen LogP contribution is -2.47. The number of amides is 1. The van der Waals surface area contributed by atoms with Gasteiger partial charge in [0, 0.05) is 18.0 Å². The molecule has 1 saturated carbocycles. The van der Waals surface area contributed by atoms with Gasteiger partial charge in [-0.2, -0.15) is 0 Å². The molecule has 0 aromatic rings. The minimum Gasteiger partial charge on any atom is -0.353 e. The average Bonchev–Trinajstić information content (AvgIpc) is 2.25. The van der Waals surface area contributed by atoms with E-state index in [1.54, 1.807) is 0 Å². The quantitative estimate of drug-likeness (QED) is 0.822. The van der Waals surface area contributed by atoms with Gasteiger partial charge < -0.3 is 11.1 Å². The highest BCUT2D eigenvalue weighted by atomic mass is 16.1. The second-order valence-corrected chi connectivity index (χ2v) is 7.92. The third kappa shape index (κ3) is 5.94. The van der Waals surface area contributed by atoms with Gasteiger partial charge in [0.1, 0.15) is 0 Å². The summed E-state index contributed by atoms with van der Waals surface area (Å²) in [6.07, 6.45) is 6.17. The molecule has 3 N–H and O–H groups in total. The SMILES string of the molecule is CC(C)(N)CCC(=O)NC1CCCCC1C(C)(C)C. The lowest BCUT2D eigenvalue weighted by atomic mass is 9.69. The number of rotatable bonds is 4. The maximum atomic E-state index is 12.1. The molecule has 1 aliphatic carbocycles. The first kappa shape index (κ1) is 16.5. The molecule has 3 heteroatoms. The highest BCUT2D eigenvalue weighted by Crippen LogP contribution is 2.38. The normalized spacial score (nSPS) is 25.2. The molecular weight excluding hydrogens is 236 g/mol. The molecule has 0 aromatic heterocycles. The Labute approximate surface area is 118 Å². The van der Waals surface area contributed by atoms with Crippen LogP contribution in [0.1, 0.15) is 73.1 Å². The third-order valence-electron chi connectivity index (χ3n) is 4.22. The van der Waals surface area contributed by atoms with Crippen LogP contribution in [0.4, 0.5) is 0 Å². The Balaban J connectivity index is 2.51. The molecule has 19 heavy (non-hydrogen) atoms. The number of nitrogens with two attached hydrogens (primary N) is 1. The predicted octanol–water partition coefficient (Wildman–Crippen LogP) is 3.23. The van der Waals surface area contributed by atoms with Gasteiger partial charge in [-0.15, -0.1) is 0 Å². The van der Waals surface area contributed by atoms with E-state index in [1.807, 2.05) is 13.8 Å². The summed E-state index contributed by atoms with van der Waals surface area (Å²) >= 11 is 0. The van der Waals surface area contributed by atoms with E-state index in [2.05, 4.69) is 26.1 Å². The molecule has 1 aliphatic rings. The fraction of sp³-hybridized carbons (Fsp3) is 0.938. The first-order valence-electron chi connectivity index (χ1n) is 7.68. The van der Waals surface area contributed by atoms with E-state index in [-0.39, 0.29) is 16.9 Å². The number of nitrogens with one attached hydrogen (secondary N) is 1. The van der Waals surface area contributed by atoms with Crippen LogP contribution in [-0.4, -0.2) is 17.5 Å². The maximum Gasteiger partial charge on any atom is 0.220 e. The molecule has 112 valence electrons. The first-order valence-corrected chi connectivity index (χ1v) is 7.68. The summed E-state index contributed by atoms with van der Waals surface area (Å²) < 4.78 is 0. The Morgan fingerprint density at radius 1 is 1.16 bits per heavy atom. The number of carbonyl (C=O) groups excluding carboxylic acids is 1. The number of hydrogen-bond acceptors (Lipinski definition) is 2. The monoisotopic (exact) mass is 268 g/mol. The Bertz CT molecular complexity index is 299. The summed E-state index contributed by atoms with van der Waals surface area (Å²) in [5, 5.41) is 3.25. The fourth-order valence-corrected chi connectivity index (χ4v) is 3.05. The lowest BCUT2D eigenvalue weighted by Gasteiger charge is -2.40. The van der Waals surface area contributed by atoms with Crippen molar-refractivity contribution in [3.63, 3.8) is 0 Å². The standard InChI is InChI=1S/C16H32N2O/c1-15(2,3)12-8-6-7-9-13(12)18-14(19)10-11-16(4,5)17/h12-13H,6-11,17H2,1-5H3,(H,18,19). The first-order chi connectivity index (χ1) is 8.59. The zero-order chi connectivity index (χ0) is 14.7. The van der Waals surface area contributed by atoms with E-state index < -0.39 is 0 Å². The summed E-state index contributed by atoms with van der Waals surface area (Å²) in [5.74, 6) is 0.760. The van der Waals surface area contributed by atoms with Gasteiger partial charge in [-0.1, -0.05) is 33.6 Å². The summed E-state index contributed by atoms with van der Waals surface area (Å²) in [4.78, 5) is 12.1. The molecule has 1 rings (SSSR count). The molecule has 0 bridgehead atoms. The van der Waals surface area contributed by atoms with Crippen LogP contribution < -0.4 is 11.1 Å². The van der Waals surface area contributed by atoms with Crippen molar-refractivity contribution in [2.75, 3.05) is 0 Å². The number of carbonyl (C=O) groups is 1. The van der Waals surface area contributed by atoms with Gasteiger partial charge in [0.15, 0.2) is 0 Å². The topological polar surface area (TPSA) is 55.1 Å². The molecule has 1 amide bonds. The van der Waals surface area contributed by atoms with E-state index >= 15 is 0 Å². The van der Waals surface area contributed by atoms with Crippen molar-refractivity contribution in [2.45, 2.75) is 84.7 Å². The fourth-order valence-electron chi connectivity index (χ4n) is 3.05. The van der Waals surface area contributed by atoms with Crippen LogP contribution in [0.2, 0.25) is 0 Å². The second-order valence-electron chi connectivity index (χ2n) is 7.92. The molecule has 0 aromatic carbocycles. The average molecular weight is 268 g/mol. The smallest absolute Gasteiger partial charge is 0.220 e. The molecular formula is C16H32N2O. The van der Waals surface area contributed by atoms with E-state index in [4.69, 9.17) is 5.73 Å². The minimum atomic E-state index is -0.257. The van der Waals surface area contributed by atoms with E-state index in [0.29, 0.717) is 18.4 Å². The van der Waals surface area contributed by atoms with Crippen molar-refractivity contribution >= 4 is 5.91 Å². The van der Waals surface area contributed by atoms with Crippen LogP contribution in [0.3, 0.4) is 0 Å². The molecule has 2 atom stereocenters. The number of hydrogen-bond donors (Lipinski definition) is 2. The van der Waals surface area contributed by atoms with Crippen LogP contribution in [0.25, 0.3) is 0 Å². The van der Waals surface area contributed by atoms with Gasteiger partial charge in [0.05, 0.1) is 0 Å². The largest absolute Gasteiger partial charge is 0.353 e. The van der Waals surface area contributed by atoms with Gasteiger partial charge >= 0.3 is 0 Å². The third-order valence-corrected chi connectivity index (χ3v) is 4.22. The van der Waals surface area contributed by atoms with Gasteiger partial charge in [-0.05, 0) is 44.4 Å². The van der Waals surface area contributed by atoms with Crippen molar-refractivity contribution in [1.82, 2.24) is 5.32 Å². The Hall–Kier alpha value is -0.570. The van der Waals surface area contributed by atoms with Crippen molar-refractivity contribution < 1.29 is 4.79 Å². The molecule has 3 nitrogen and oxygen atoms in total. The second kappa shape index (κ2) is 6.25. The van der Waals surface area contributed by atoms with Crippen LogP contribution >= 0.6 is 0 Å². The molecule has 0 heterocycles. The van der Waals surface area contributed by atoms with E-state index in [0.717, 1.165) is 12.8 Å². The maximum absolute atomic E-state index is 12.1. The molecule has 1 fully saturated rings. The minimum absolute atomic E-state index is 0.166. The zero-order valence-electron chi connectivity index (χ0n) is 13.4. The lowest BCUT2D eigenvalue weighted by molar-refractivity contribution is -0.123. The Morgan fingerprint density at radius 3 is 2.26 bits per heavy atom. The summed E-state index contributed by atoms with van der Waals surface area (Å²) in [6.45, 7) is 10.8. The zero-order valence-corrected chi connectivity index (χ0v) is 13.4. The van der Waals surface area contributed by atoms with Gasteiger partial charge in [-0.3, -0.25) is 4.79 Å². The summed E-state index contributed by atoms with van der Waals surface area (Å²) in [5.41, 5.74) is 5.95. The summed E-state index contributed by atoms with van der Waals surface area (Å²) in [7, 11) is 0. The molecule has 2 unspecified atom stereocenters. The van der Waals surface area contributed by atoms with Crippen molar-refractivity contribution in [2.24, 2.45) is 17.1 Å². The molecule has 0 radical (unpaired) electrons. The van der Waals surface area contributed by atoms with Crippen molar-refractivity contribution in [3.8, 4) is 0 Å². The predicted molar refractivity (Wildman–Crippen MR) is 80.8 cm³/mol. The van der Waals surface area contributed by atoms with E-state index in [9.17, 15) is 4.79 Å². The van der Waals surface area contributed by atoms with Crippen LogP contribution in [0.5, 0.6) is 0 Å². The van der Waals surface area contributed by atoms with Gasteiger partial charge in [-0.25, -0.2) is 0 Å². The van der Waals surface area contributed by atoms with Gasteiger partial charge in [0.25, 0.3) is 0 Å². The Morgan fingerprint density at radius 2 is 1.74 bits per heavy atom. The Kier molecular flexibility index (Phi) is 5.43. The van der Waals surface area contributed by atoms with Crippen LogP contribution in [0.15, 0.2) is 0 Å². The van der Waals surface area contributed by atoms with Crippen molar-refractivity contribution in [3.05, 3.63) is 0 Å². The molecule has 0 aliphatic heterocycles. The van der Waals surface area contributed by atoms with Gasteiger partial charge in [0.2, 0.25) is 5.91 Å². The van der Waals surface area contributed by atoms with Crippen LogP contribution in [-0.2, 0) is 4.79 Å². The highest BCUT2D eigenvalue weighted by molar-refractivity contribution is 5.76. The van der Waals surface area contributed by atoms with Crippen molar-refractivity contribution in [1.29, 1.82) is 0 Å². The van der Waals surface area contributed by atoms with Crippen LogP contribution in [0, 0.1) is 11.3 Å². The molecule has 0 saturated heterocycles. The van der Waals surface area contributed by atoms with E-state index in [1.165, 1.54) is 19.3 Å². The highest BCUT2D eigenvalue weighted by Gasteiger charge is 2.34.